The van der Waals surface area contributed by atoms with Gasteiger partial charge in [0.15, 0.2) is 0 Å². The van der Waals surface area contributed by atoms with E-state index in [-0.39, 0.29) is 5.56 Å². The highest BCUT2D eigenvalue weighted by atomic mass is 35.5. The highest BCUT2D eigenvalue weighted by Gasteiger charge is 2.09. The zero-order chi connectivity index (χ0) is 14.8. The standard InChI is InChI=1S/C14H13ClN4OS/c1-2-16-12-4-3-10(15)11(18-12)7-19-8-17-13-9(14(19)20)5-6-21-13/h3-6,8H,2,7H2,1H3,(H,16,18). The van der Waals surface area contributed by atoms with Gasteiger partial charge in [-0.1, -0.05) is 11.6 Å². The summed E-state index contributed by atoms with van der Waals surface area (Å²) < 4.78 is 1.53. The van der Waals surface area contributed by atoms with Crippen molar-refractivity contribution in [3.05, 3.63) is 51.0 Å². The van der Waals surface area contributed by atoms with E-state index in [1.807, 2.05) is 18.4 Å². The lowest BCUT2D eigenvalue weighted by atomic mass is 10.3. The van der Waals surface area contributed by atoms with Crippen molar-refractivity contribution in [3.63, 3.8) is 0 Å². The molecule has 0 atom stereocenters. The van der Waals surface area contributed by atoms with Crippen molar-refractivity contribution in [2.24, 2.45) is 0 Å². The van der Waals surface area contributed by atoms with Crippen molar-refractivity contribution in [1.82, 2.24) is 14.5 Å². The van der Waals surface area contributed by atoms with Crippen LogP contribution in [0.3, 0.4) is 0 Å². The van der Waals surface area contributed by atoms with Gasteiger partial charge in [0.05, 0.1) is 29.0 Å². The second-order valence-electron chi connectivity index (χ2n) is 4.47. The SMILES string of the molecule is CCNc1ccc(Cl)c(Cn2cnc3sccc3c2=O)n1. The number of nitrogens with zero attached hydrogens (tertiary/aromatic N) is 3. The van der Waals surface area contributed by atoms with Gasteiger partial charge < -0.3 is 5.32 Å². The number of rotatable bonds is 4. The van der Waals surface area contributed by atoms with Crippen LogP contribution in [0.1, 0.15) is 12.6 Å². The van der Waals surface area contributed by atoms with E-state index in [0.717, 1.165) is 17.2 Å². The summed E-state index contributed by atoms with van der Waals surface area (Å²) in [4.78, 5) is 21.8. The molecule has 0 unspecified atom stereocenters. The summed E-state index contributed by atoms with van der Waals surface area (Å²) in [5.74, 6) is 0.745. The minimum Gasteiger partial charge on any atom is -0.370 e. The summed E-state index contributed by atoms with van der Waals surface area (Å²) in [6.45, 7) is 3.07. The molecule has 3 aromatic heterocycles. The molecule has 0 radical (unpaired) electrons. The lowest BCUT2D eigenvalue weighted by Crippen LogP contribution is -2.21. The molecule has 3 heterocycles. The Bertz CT molecular complexity index is 842. The predicted molar refractivity (Wildman–Crippen MR) is 86.4 cm³/mol. The Balaban J connectivity index is 2.00. The van der Waals surface area contributed by atoms with Gasteiger partial charge in [-0.05, 0) is 30.5 Å². The molecule has 0 fully saturated rings. The molecular formula is C14H13ClN4OS. The van der Waals surface area contributed by atoms with E-state index in [2.05, 4.69) is 15.3 Å². The van der Waals surface area contributed by atoms with E-state index in [1.165, 1.54) is 15.9 Å². The van der Waals surface area contributed by atoms with Crippen molar-refractivity contribution < 1.29 is 0 Å². The zero-order valence-corrected chi connectivity index (χ0v) is 12.9. The molecule has 0 spiro atoms. The summed E-state index contributed by atoms with van der Waals surface area (Å²) in [5, 5.41) is 6.15. The Hall–Kier alpha value is -1.92. The maximum absolute atomic E-state index is 12.4. The summed E-state index contributed by atoms with van der Waals surface area (Å²) in [5.41, 5.74) is 0.571. The van der Waals surface area contributed by atoms with Gasteiger partial charge in [0.2, 0.25) is 0 Å². The zero-order valence-electron chi connectivity index (χ0n) is 11.3. The minimum absolute atomic E-state index is 0.0760. The fraction of sp³-hybridized carbons (Fsp3) is 0.214. The van der Waals surface area contributed by atoms with Crippen LogP contribution in [0.2, 0.25) is 5.02 Å². The van der Waals surface area contributed by atoms with Gasteiger partial charge in [0, 0.05) is 6.54 Å². The molecule has 3 aromatic rings. The number of thiophene rings is 1. The number of fused-ring (bicyclic) bond motifs is 1. The first-order valence-corrected chi connectivity index (χ1v) is 7.76. The molecule has 0 aliphatic carbocycles. The van der Waals surface area contributed by atoms with Crippen molar-refractivity contribution in [2.45, 2.75) is 13.5 Å². The molecule has 21 heavy (non-hydrogen) atoms. The third kappa shape index (κ3) is 2.77. The molecule has 0 saturated carbocycles. The molecule has 0 aliphatic heterocycles. The van der Waals surface area contributed by atoms with Gasteiger partial charge in [0.25, 0.3) is 5.56 Å². The van der Waals surface area contributed by atoms with E-state index in [1.54, 1.807) is 18.5 Å². The minimum atomic E-state index is -0.0760. The monoisotopic (exact) mass is 320 g/mol. The van der Waals surface area contributed by atoms with Gasteiger partial charge in [-0.25, -0.2) is 9.97 Å². The van der Waals surface area contributed by atoms with Crippen LogP contribution >= 0.6 is 22.9 Å². The van der Waals surface area contributed by atoms with Crippen LogP contribution < -0.4 is 10.9 Å². The molecule has 0 amide bonds. The van der Waals surface area contributed by atoms with Crippen LogP contribution in [0.5, 0.6) is 0 Å². The molecule has 0 saturated heterocycles. The largest absolute Gasteiger partial charge is 0.370 e. The fourth-order valence-electron chi connectivity index (χ4n) is 2.04. The average molecular weight is 321 g/mol. The van der Waals surface area contributed by atoms with Gasteiger partial charge in [0.1, 0.15) is 10.6 Å². The molecule has 5 nitrogen and oxygen atoms in total. The van der Waals surface area contributed by atoms with Gasteiger partial charge in [-0.15, -0.1) is 11.3 Å². The van der Waals surface area contributed by atoms with Crippen LogP contribution in [0, 0.1) is 0 Å². The Kier molecular flexibility index (Phi) is 3.90. The van der Waals surface area contributed by atoms with Crippen molar-refractivity contribution in [3.8, 4) is 0 Å². The number of nitrogens with one attached hydrogen (secondary N) is 1. The van der Waals surface area contributed by atoms with E-state index in [4.69, 9.17) is 11.6 Å². The number of anilines is 1. The van der Waals surface area contributed by atoms with E-state index in [0.29, 0.717) is 22.6 Å². The topological polar surface area (TPSA) is 59.8 Å². The summed E-state index contributed by atoms with van der Waals surface area (Å²) in [6.07, 6.45) is 1.54. The van der Waals surface area contributed by atoms with Crippen LogP contribution in [0.15, 0.2) is 34.7 Å². The number of halogens is 1. The third-order valence-electron chi connectivity index (χ3n) is 3.05. The van der Waals surface area contributed by atoms with Crippen LogP contribution in [0.4, 0.5) is 5.82 Å². The van der Waals surface area contributed by atoms with E-state index in [9.17, 15) is 4.79 Å². The van der Waals surface area contributed by atoms with Crippen molar-refractivity contribution in [2.75, 3.05) is 11.9 Å². The summed E-state index contributed by atoms with van der Waals surface area (Å²) in [7, 11) is 0. The summed E-state index contributed by atoms with van der Waals surface area (Å²) in [6, 6.07) is 5.39. The van der Waals surface area contributed by atoms with Crippen LogP contribution in [-0.4, -0.2) is 21.1 Å². The fourth-order valence-corrected chi connectivity index (χ4v) is 2.93. The first-order valence-electron chi connectivity index (χ1n) is 6.51. The Labute approximate surface area is 130 Å². The molecule has 1 N–H and O–H groups in total. The maximum Gasteiger partial charge on any atom is 0.262 e. The Morgan fingerprint density at radius 3 is 3.05 bits per heavy atom. The molecule has 3 rings (SSSR count). The van der Waals surface area contributed by atoms with E-state index < -0.39 is 0 Å². The quantitative estimate of drug-likeness (QED) is 0.803. The Morgan fingerprint density at radius 1 is 1.38 bits per heavy atom. The number of pyridine rings is 1. The van der Waals surface area contributed by atoms with Gasteiger partial charge in [-0.3, -0.25) is 9.36 Å². The Morgan fingerprint density at radius 2 is 2.24 bits per heavy atom. The summed E-state index contributed by atoms with van der Waals surface area (Å²) >= 11 is 7.62. The average Bonchev–Trinajstić information content (AvgIpc) is 2.95. The molecule has 7 heteroatoms. The molecule has 108 valence electrons. The normalized spacial score (nSPS) is 11.0. The molecule has 0 aliphatic rings. The van der Waals surface area contributed by atoms with Gasteiger partial charge >= 0.3 is 0 Å². The van der Waals surface area contributed by atoms with Gasteiger partial charge in [-0.2, -0.15) is 0 Å². The smallest absolute Gasteiger partial charge is 0.262 e. The molecule has 0 aromatic carbocycles. The van der Waals surface area contributed by atoms with Crippen molar-refractivity contribution >= 4 is 39.0 Å². The third-order valence-corrected chi connectivity index (χ3v) is 4.21. The first-order chi connectivity index (χ1) is 10.2. The maximum atomic E-state index is 12.4. The van der Waals surface area contributed by atoms with Crippen molar-refractivity contribution in [1.29, 1.82) is 0 Å². The second kappa shape index (κ2) is 5.83. The first kappa shape index (κ1) is 14.0. The van der Waals surface area contributed by atoms with Crippen LogP contribution in [0.25, 0.3) is 10.2 Å². The van der Waals surface area contributed by atoms with E-state index >= 15 is 0 Å². The highest BCUT2D eigenvalue weighted by Crippen LogP contribution is 2.18. The lowest BCUT2D eigenvalue weighted by Gasteiger charge is -2.09. The molecule has 0 bridgehead atoms. The van der Waals surface area contributed by atoms with Crippen LogP contribution in [-0.2, 0) is 6.54 Å². The molecular weight excluding hydrogens is 308 g/mol. The number of aromatic nitrogens is 3. The highest BCUT2D eigenvalue weighted by molar-refractivity contribution is 7.16. The number of hydrogen-bond donors (Lipinski definition) is 1. The predicted octanol–water partition coefficient (Wildman–Crippen LogP) is 2.99. The lowest BCUT2D eigenvalue weighted by molar-refractivity contribution is 0.731. The number of hydrogen-bond acceptors (Lipinski definition) is 5. The second-order valence-corrected chi connectivity index (χ2v) is 5.77.